The van der Waals surface area contributed by atoms with Crippen molar-refractivity contribution in [2.45, 2.75) is 140 Å². The Morgan fingerprint density at radius 2 is 1.15 bits per heavy atom. The molecule has 1 heterocycles. The Balaban J connectivity index is 2.81. The fourth-order valence-electron chi connectivity index (χ4n) is 4.65. The van der Waals surface area contributed by atoms with E-state index in [0.717, 1.165) is 11.1 Å². The second kappa shape index (κ2) is 17.8. The van der Waals surface area contributed by atoms with Gasteiger partial charge < -0.3 is 28.4 Å². The third kappa shape index (κ3) is 13.3. The smallest absolute Gasteiger partial charge is 0.330 e. The molecular formula is C40H61NO11. The van der Waals surface area contributed by atoms with Crippen LogP contribution in [0.3, 0.4) is 0 Å². The van der Waals surface area contributed by atoms with Crippen molar-refractivity contribution < 1.29 is 52.4 Å². The van der Waals surface area contributed by atoms with Crippen molar-refractivity contribution in [2.75, 3.05) is 13.2 Å². The Kier molecular flexibility index (Phi) is 15.2. The molecule has 1 aromatic rings. The first kappa shape index (κ1) is 44.4. The van der Waals surface area contributed by atoms with Crippen molar-refractivity contribution in [2.24, 2.45) is 21.7 Å². The molecule has 0 aromatic heterocycles. The van der Waals surface area contributed by atoms with Gasteiger partial charge in [-0.05, 0) is 109 Å². The second-order valence-electron chi connectivity index (χ2n) is 17.3. The summed E-state index contributed by atoms with van der Waals surface area (Å²) in [6.45, 7) is 23.7. The van der Waals surface area contributed by atoms with Crippen LogP contribution in [0.5, 0.6) is 0 Å². The molecule has 0 amide bonds. The van der Waals surface area contributed by atoms with Crippen molar-refractivity contribution in [3.63, 3.8) is 0 Å². The summed E-state index contributed by atoms with van der Waals surface area (Å²) in [6.07, 6.45) is -3.24. The monoisotopic (exact) mass is 731 g/mol. The molecule has 1 aliphatic rings. The van der Waals surface area contributed by atoms with Gasteiger partial charge in [0.2, 0.25) is 0 Å². The summed E-state index contributed by atoms with van der Waals surface area (Å²) in [5.74, 6) is -2.96. The Bertz CT molecular complexity index is 1420. The summed E-state index contributed by atoms with van der Waals surface area (Å²) in [4.78, 5) is 65.9. The molecule has 1 N–H and O–H groups in total. The molecule has 12 nitrogen and oxygen atoms in total. The van der Waals surface area contributed by atoms with Crippen molar-refractivity contribution in [3.8, 4) is 0 Å². The lowest BCUT2D eigenvalue weighted by Crippen LogP contribution is -2.66. The molecule has 0 bridgehead atoms. The van der Waals surface area contributed by atoms with Crippen LogP contribution in [0.25, 0.3) is 0 Å². The number of hydrogen-bond donors (Lipinski definition) is 1. The third-order valence-electron chi connectivity index (χ3n) is 7.95. The number of carbonyl (C=O) groups excluding carboxylic acids is 5. The predicted octanol–water partition coefficient (Wildman–Crippen LogP) is 6.32. The molecule has 292 valence electrons. The van der Waals surface area contributed by atoms with E-state index in [1.165, 1.54) is 6.08 Å². The quantitative estimate of drug-likeness (QED) is 0.145. The van der Waals surface area contributed by atoms with E-state index in [1.807, 2.05) is 31.2 Å². The summed E-state index contributed by atoms with van der Waals surface area (Å²) < 4.78 is 35.7. The first-order valence-corrected chi connectivity index (χ1v) is 17.9. The van der Waals surface area contributed by atoms with Crippen molar-refractivity contribution >= 4 is 29.8 Å². The van der Waals surface area contributed by atoms with Crippen LogP contribution in [0.4, 0.5) is 0 Å². The van der Waals surface area contributed by atoms with Gasteiger partial charge >= 0.3 is 29.8 Å². The maximum atomic E-state index is 13.6. The van der Waals surface area contributed by atoms with Gasteiger partial charge in [-0.2, -0.15) is 0 Å². The molecule has 0 spiro atoms. The number of nitrogens with one attached hydrogen (secondary N) is 1. The topological polar surface area (TPSA) is 153 Å². The van der Waals surface area contributed by atoms with E-state index >= 15 is 0 Å². The number of benzene rings is 1. The van der Waals surface area contributed by atoms with Crippen molar-refractivity contribution in [1.82, 2.24) is 5.32 Å². The van der Waals surface area contributed by atoms with E-state index in [2.05, 4.69) is 5.32 Å². The Morgan fingerprint density at radius 3 is 1.62 bits per heavy atom. The van der Waals surface area contributed by atoms with Crippen LogP contribution in [-0.2, 0) is 52.4 Å². The summed E-state index contributed by atoms with van der Waals surface area (Å²) in [7, 11) is 0. The van der Waals surface area contributed by atoms with E-state index in [9.17, 15) is 24.0 Å². The molecule has 2 rings (SSSR count). The first-order valence-electron chi connectivity index (χ1n) is 17.9. The Hall–Kier alpha value is -3.77. The molecule has 12 heteroatoms. The SMILES string of the molecule is CCOC(=O)/C=C/C[C@H](N[C@@H]1O[C@H](COC(=O)C(C)(C)C)[C@H](OC(=O)C(C)(C)C)[C@H](OC(=O)C(C)(C)C)[C@H]1OC(=O)C(C)(C)C)c1ccc(C)cc1. The number of carbonyl (C=O) groups is 5. The van der Waals surface area contributed by atoms with Crippen LogP contribution in [-0.4, -0.2) is 73.7 Å². The lowest BCUT2D eigenvalue weighted by Gasteiger charge is -2.47. The van der Waals surface area contributed by atoms with Crippen LogP contribution < -0.4 is 5.32 Å². The average Bonchev–Trinajstić information content (AvgIpc) is 3.00. The molecule has 6 atom stereocenters. The van der Waals surface area contributed by atoms with Gasteiger partial charge in [0.05, 0.1) is 28.3 Å². The van der Waals surface area contributed by atoms with Crippen LogP contribution in [0, 0.1) is 28.6 Å². The second-order valence-corrected chi connectivity index (χ2v) is 17.3. The molecule has 1 aliphatic heterocycles. The van der Waals surface area contributed by atoms with Crippen molar-refractivity contribution in [1.29, 1.82) is 0 Å². The highest BCUT2D eigenvalue weighted by atomic mass is 16.7. The van der Waals surface area contributed by atoms with E-state index in [-0.39, 0.29) is 19.6 Å². The van der Waals surface area contributed by atoms with Gasteiger partial charge in [0, 0.05) is 12.1 Å². The van der Waals surface area contributed by atoms with Crippen LogP contribution in [0.15, 0.2) is 36.4 Å². The van der Waals surface area contributed by atoms with Gasteiger partial charge in [-0.25, -0.2) is 4.79 Å². The van der Waals surface area contributed by atoms with Gasteiger partial charge in [0.1, 0.15) is 12.7 Å². The number of rotatable bonds is 12. The van der Waals surface area contributed by atoms with Gasteiger partial charge in [-0.3, -0.25) is 24.5 Å². The molecule has 1 fully saturated rings. The number of hydrogen-bond acceptors (Lipinski definition) is 12. The molecule has 1 saturated heterocycles. The zero-order chi connectivity index (χ0) is 39.8. The zero-order valence-corrected chi connectivity index (χ0v) is 33.5. The minimum absolute atomic E-state index is 0.219. The van der Waals surface area contributed by atoms with Crippen LogP contribution >= 0.6 is 0 Å². The number of ether oxygens (including phenoxy) is 6. The van der Waals surface area contributed by atoms with Gasteiger partial charge in [-0.15, -0.1) is 0 Å². The van der Waals surface area contributed by atoms with E-state index in [1.54, 1.807) is 96.1 Å². The van der Waals surface area contributed by atoms with Crippen molar-refractivity contribution in [3.05, 3.63) is 47.5 Å². The van der Waals surface area contributed by atoms with Gasteiger partial charge in [0.25, 0.3) is 0 Å². The highest BCUT2D eigenvalue weighted by molar-refractivity contribution is 5.82. The minimum atomic E-state index is -1.40. The lowest BCUT2D eigenvalue weighted by atomic mass is 9.92. The average molecular weight is 732 g/mol. The summed E-state index contributed by atoms with van der Waals surface area (Å²) in [6, 6.07) is 7.15. The minimum Gasteiger partial charge on any atom is -0.463 e. The largest absolute Gasteiger partial charge is 0.463 e. The molecule has 52 heavy (non-hydrogen) atoms. The van der Waals surface area contributed by atoms with E-state index in [0.29, 0.717) is 0 Å². The van der Waals surface area contributed by atoms with E-state index < -0.39 is 88.2 Å². The molecule has 0 unspecified atom stereocenters. The molecule has 0 saturated carbocycles. The standard InChI is InChI=1S/C40H61NO11/c1-15-47-28(42)18-16-17-26(25-21-19-24(2)20-22-25)41-32-31(52-36(46)40(12,13)14)30(51-35(45)39(9,10)11)29(50-34(44)38(6,7)8)27(49-32)23-48-33(43)37(3,4)5/h16,18-22,26-27,29-32,41H,15,17,23H2,1-14H3/b18-16+/t26-,27+,29-,30-,31+,32+/m0/s1. The van der Waals surface area contributed by atoms with Crippen LogP contribution in [0.1, 0.15) is 114 Å². The Labute approximate surface area is 309 Å². The first-order chi connectivity index (χ1) is 23.7. The normalized spacial score (nSPS) is 21.9. The molecule has 0 aliphatic carbocycles. The summed E-state index contributed by atoms with van der Waals surface area (Å²) >= 11 is 0. The zero-order valence-electron chi connectivity index (χ0n) is 33.5. The highest BCUT2D eigenvalue weighted by Gasteiger charge is 2.55. The number of aryl methyl sites for hydroxylation is 1. The van der Waals surface area contributed by atoms with Gasteiger partial charge in [-0.1, -0.05) is 35.9 Å². The highest BCUT2D eigenvalue weighted by Crippen LogP contribution is 2.35. The molecule has 1 aromatic carbocycles. The van der Waals surface area contributed by atoms with E-state index in [4.69, 9.17) is 28.4 Å². The molecular weight excluding hydrogens is 670 g/mol. The molecule has 0 radical (unpaired) electrons. The van der Waals surface area contributed by atoms with Crippen LogP contribution in [0.2, 0.25) is 0 Å². The fraction of sp³-hybridized carbons (Fsp3) is 0.675. The summed E-state index contributed by atoms with van der Waals surface area (Å²) in [5, 5.41) is 3.42. The predicted molar refractivity (Wildman–Crippen MR) is 195 cm³/mol. The third-order valence-corrected chi connectivity index (χ3v) is 7.95. The maximum Gasteiger partial charge on any atom is 0.330 e. The lowest BCUT2D eigenvalue weighted by molar-refractivity contribution is -0.266. The van der Waals surface area contributed by atoms with Gasteiger partial charge in [0.15, 0.2) is 24.5 Å². The number of esters is 5. The Morgan fingerprint density at radius 1 is 0.692 bits per heavy atom. The summed E-state index contributed by atoms with van der Waals surface area (Å²) in [5.41, 5.74) is -2.01. The maximum absolute atomic E-state index is 13.6. The fourth-order valence-corrected chi connectivity index (χ4v) is 4.65.